The maximum atomic E-state index is 12.1. The van der Waals surface area contributed by atoms with Gasteiger partial charge >= 0.3 is 0 Å². The quantitative estimate of drug-likeness (QED) is 0.898. The number of fused-ring (bicyclic) bond motifs is 1. The number of nitrogens with zero attached hydrogens (tertiary/aromatic N) is 2. The maximum absolute atomic E-state index is 12.1. The van der Waals surface area contributed by atoms with Gasteiger partial charge in [-0.1, -0.05) is 13.0 Å². The zero-order valence-corrected chi connectivity index (χ0v) is 13.8. The number of carbonyl (C=O) groups excluding carboxylic acids is 1. The summed E-state index contributed by atoms with van der Waals surface area (Å²) in [6.45, 7) is 6.35. The summed E-state index contributed by atoms with van der Waals surface area (Å²) < 4.78 is 0. The Balaban J connectivity index is 1.94. The van der Waals surface area contributed by atoms with Crippen molar-refractivity contribution < 1.29 is 4.79 Å². The van der Waals surface area contributed by atoms with Crippen LogP contribution in [0.25, 0.3) is 5.57 Å². The van der Waals surface area contributed by atoms with Crippen molar-refractivity contribution in [3.8, 4) is 0 Å². The minimum atomic E-state index is 0.160. The number of carbonyl (C=O) groups is 1. The summed E-state index contributed by atoms with van der Waals surface area (Å²) in [6, 6.07) is 6.53. The molecule has 2 aliphatic rings. The van der Waals surface area contributed by atoms with E-state index in [9.17, 15) is 4.79 Å². The highest BCUT2D eigenvalue weighted by Crippen LogP contribution is 2.34. The van der Waals surface area contributed by atoms with Gasteiger partial charge in [0.15, 0.2) is 0 Å². The van der Waals surface area contributed by atoms with Gasteiger partial charge in [-0.15, -0.1) is 0 Å². The van der Waals surface area contributed by atoms with Crippen LogP contribution in [0, 0.1) is 0 Å². The van der Waals surface area contributed by atoms with Gasteiger partial charge in [-0.25, -0.2) is 0 Å². The lowest BCUT2D eigenvalue weighted by Crippen LogP contribution is -2.30. The molecule has 0 radical (unpaired) electrons. The number of anilines is 2. The summed E-state index contributed by atoms with van der Waals surface area (Å²) in [5.41, 5.74) is 4.64. The van der Waals surface area contributed by atoms with Gasteiger partial charge in [0.2, 0.25) is 5.91 Å². The Morgan fingerprint density at radius 1 is 1.43 bits per heavy atom. The summed E-state index contributed by atoms with van der Waals surface area (Å²) in [4.78, 5) is 18.2. The summed E-state index contributed by atoms with van der Waals surface area (Å²) in [5, 5.41) is 6.71. The minimum absolute atomic E-state index is 0.160. The Labute approximate surface area is 137 Å². The molecule has 1 aromatic carbocycles. The Morgan fingerprint density at radius 2 is 2.30 bits per heavy atom. The van der Waals surface area contributed by atoms with E-state index < -0.39 is 0 Å². The average Bonchev–Trinajstić information content (AvgIpc) is 3.09. The van der Waals surface area contributed by atoms with Crippen molar-refractivity contribution in [2.45, 2.75) is 32.7 Å². The smallest absolute Gasteiger partial charge is 0.226 e. The molecule has 0 fully saturated rings. The van der Waals surface area contributed by atoms with Crippen LogP contribution < -0.4 is 15.5 Å². The van der Waals surface area contributed by atoms with Crippen molar-refractivity contribution in [1.29, 1.82) is 0 Å². The van der Waals surface area contributed by atoms with Gasteiger partial charge in [0.1, 0.15) is 0 Å². The van der Waals surface area contributed by atoms with Gasteiger partial charge in [0, 0.05) is 36.4 Å². The predicted molar refractivity (Wildman–Crippen MR) is 96.1 cm³/mol. The van der Waals surface area contributed by atoms with Crippen molar-refractivity contribution in [2.75, 3.05) is 29.9 Å². The van der Waals surface area contributed by atoms with E-state index in [1.807, 2.05) is 24.8 Å². The van der Waals surface area contributed by atoms with Gasteiger partial charge in [-0.2, -0.15) is 0 Å². The molecule has 122 valence electrons. The van der Waals surface area contributed by atoms with Crippen LogP contribution in [0.4, 0.5) is 11.4 Å². The lowest BCUT2D eigenvalue weighted by Gasteiger charge is -2.26. The molecule has 23 heavy (non-hydrogen) atoms. The molecule has 0 spiro atoms. The van der Waals surface area contributed by atoms with Crippen LogP contribution in [-0.4, -0.2) is 37.9 Å². The minimum Gasteiger partial charge on any atom is -0.384 e. The molecule has 3 rings (SSSR count). The maximum Gasteiger partial charge on any atom is 0.226 e. The van der Waals surface area contributed by atoms with E-state index in [-0.39, 0.29) is 11.9 Å². The van der Waals surface area contributed by atoms with Crippen LogP contribution in [0.5, 0.6) is 0 Å². The monoisotopic (exact) mass is 312 g/mol. The first-order valence-electron chi connectivity index (χ1n) is 8.36. The largest absolute Gasteiger partial charge is 0.384 e. The van der Waals surface area contributed by atoms with Crippen LogP contribution in [0.3, 0.4) is 0 Å². The Kier molecular flexibility index (Phi) is 4.65. The van der Waals surface area contributed by atoms with Crippen LogP contribution in [0.15, 0.2) is 29.3 Å². The molecule has 0 bridgehead atoms. The Bertz CT molecular complexity index is 642. The molecule has 2 aliphatic heterocycles. The summed E-state index contributed by atoms with van der Waals surface area (Å²) in [6.07, 6.45) is 5.56. The van der Waals surface area contributed by atoms with Crippen LogP contribution in [0.2, 0.25) is 0 Å². The SMILES string of the molecule is CCC(=O)N(CC)c1ccc2c(c1)/C(=C/C1CN=CN1)CCN2. The van der Waals surface area contributed by atoms with E-state index in [4.69, 9.17) is 0 Å². The topological polar surface area (TPSA) is 56.7 Å². The first-order chi connectivity index (χ1) is 11.2. The van der Waals surface area contributed by atoms with Crippen molar-refractivity contribution >= 4 is 29.2 Å². The Hall–Kier alpha value is -2.30. The van der Waals surface area contributed by atoms with Crippen molar-refractivity contribution in [2.24, 2.45) is 4.99 Å². The van der Waals surface area contributed by atoms with Crippen molar-refractivity contribution in [3.05, 3.63) is 29.8 Å². The van der Waals surface area contributed by atoms with Crippen LogP contribution >= 0.6 is 0 Å². The van der Waals surface area contributed by atoms with E-state index in [2.05, 4.69) is 33.8 Å². The summed E-state index contributed by atoms with van der Waals surface area (Å²) >= 11 is 0. The fraction of sp³-hybridized carbons (Fsp3) is 0.444. The first-order valence-corrected chi connectivity index (χ1v) is 8.36. The molecule has 1 unspecified atom stereocenters. The van der Waals surface area contributed by atoms with E-state index >= 15 is 0 Å². The third kappa shape index (κ3) is 3.23. The lowest BCUT2D eigenvalue weighted by atomic mass is 9.94. The second kappa shape index (κ2) is 6.86. The molecule has 0 saturated heterocycles. The highest BCUT2D eigenvalue weighted by Gasteiger charge is 2.19. The molecule has 2 heterocycles. The van der Waals surface area contributed by atoms with Gasteiger partial charge in [-0.05, 0) is 37.1 Å². The third-order valence-electron chi connectivity index (χ3n) is 4.37. The molecule has 2 N–H and O–H groups in total. The lowest BCUT2D eigenvalue weighted by molar-refractivity contribution is -0.118. The second-order valence-electron chi connectivity index (χ2n) is 5.86. The molecule has 5 heteroatoms. The third-order valence-corrected chi connectivity index (χ3v) is 4.37. The molecule has 1 aromatic rings. The van der Waals surface area contributed by atoms with Gasteiger partial charge in [0.25, 0.3) is 0 Å². The van der Waals surface area contributed by atoms with Crippen LogP contribution in [0.1, 0.15) is 32.3 Å². The van der Waals surface area contributed by atoms with E-state index in [1.165, 1.54) is 11.1 Å². The standard InChI is InChI=1S/C18H24N4O/c1-3-18(23)22(4-2)15-5-6-17-16(10-15)13(7-8-20-17)9-14-11-19-12-21-14/h5-6,9-10,12,14,20H,3-4,7-8,11H2,1-2H3,(H,19,21)/b13-9+. The number of rotatable bonds is 4. The van der Waals surface area contributed by atoms with E-state index in [0.717, 1.165) is 30.9 Å². The predicted octanol–water partition coefficient (Wildman–Crippen LogP) is 2.65. The van der Waals surface area contributed by atoms with Gasteiger partial charge in [-0.3, -0.25) is 9.79 Å². The molecular formula is C18H24N4O. The number of hydrogen-bond acceptors (Lipinski definition) is 4. The fourth-order valence-electron chi connectivity index (χ4n) is 3.16. The zero-order chi connectivity index (χ0) is 16.2. The number of amides is 1. The van der Waals surface area contributed by atoms with E-state index in [0.29, 0.717) is 13.0 Å². The molecule has 5 nitrogen and oxygen atoms in total. The average molecular weight is 312 g/mol. The first kappa shape index (κ1) is 15.6. The number of aliphatic imine (C=N–C) groups is 1. The molecule has 0 aliphatic carbocycles. The highest BCUT2D eigenvalue weighted by molar-refractivity contribution is 5.94. The second-order valence-corrected chi connectivity index (χ2v) is 5.86. The molecule has 0 saturated carbocycles. The molecule has 1 atom stereocenters. The van der Waals surface area contributed by atoms with Crippen LogP contribution in [-0.2, 0) is 4.79 Å². The molecule has 1 amide bonds. The van der Waals surface area contributed by atoms with Crippen molar-refractivity contribution in [3.63, 3.8) is 0 Å². The Morgan fingerprint density at radius 3 is 3.00 bits per heavy atom. The zero-order valence-electron chi connectivity index (χ0n) is 13.8. The number of nitrogens with one attached hydrogen (secondary N) is 2. The molecule has 0 aromatic heterocycles. The van der Waals surface area contributed by atoms with E-state index in [1.54, 1.807) is 6.34 Å². The number of benzene rings is 1. The summed E-state index contributed by atoms with van der Waals surface area (Å²) in [5.74, 6) is 0.160. The van der Waals surface area contributed by atoms with Crippen molar-refractivity contribution in [1.82, 2.24) is 5.32 Å². The fourth-order valence-corrected chi connectivity index (χ4v) is 3.16. The molecular weight excluding hydrogens is 288 g/mol. The normalized spacial score (nSPS) is 20.8. The highest BCUT2D eigenvalue weighted by atomic mass is 16.2. The van der Waals surface area contributed by atoms with Gasteiger partial charge in [0.05, 0.1) is 18.9 Å². The van der Waals surface area contributed by atoms with Gasteiger partial charge < -0.3 is 15.5 Å². The number of hydrogen-bond donors (Lipinski definition) is 2. The summed E-state index contributed by atoms with van der Waals surface area (Å²) in [7, 11) is 0.